The molecule has 0 aliphatic heterocycles. The zero-order chi connectivity index (χ0) is 15.9. The number of ether oxygens (including phenoxy) is 1. The number of alkyl halides is 1. The minimum atomic E-state index is -0.515. The van der Waals surface area contributed by atoms with E-state index in [0.717, 1.165) is 5.69 Å². The molecule has 22 heavy (non-hydrogen) atoms. The first kappa shape index (κ1) is 16.2. The van der Waals surface area contributed by atoms with E-state index in [0.29, 0.717) is 17.6 Å². The number of para-hydroxylation sites is 1. The standard InChI is InChI=1S/C15H16BrN3O3/c1-2-22-15(21)12-10-17-19(11-6-4-3-5-7-11)14(12)18-13(20)8-9-16/h3-7,10H,2,8-9H2,1H3,(H,18,20). The molecule has 1 amide bonds. The lowest BCUT2D eigenvalue weighted by molar-refractivity contribution is -0.115. The largest absolute Gasteiger partial charge is 0.462 e. The molecule has 0 aliphatic carbocycles. The van der Waals surface area contributed by atoms with Gasteiger partial charge in [-0.1, -0.05) is 34.1 Å². The van der Waals surface area contributed by atoms with Gasteiger partial charge in [-0.2, -0.15) is 5.10 Å². The number of carbonyl (C=O) groups excluding carboxylic acids is 2. The van der Waals surface area contributed by atoms with E-state index in [2.05, 4.69) is 26.3 Å². The van der Waals surface area contributed by atoms with Gasteiger partial charge in [-0.05, 0) is 19.1 Å². The van der Waals surface area contributed by atoms with Crippen LogP contribution >= 0.6 is 15.9 Å². The lowest BCUT2D eigenvalue weighted by Crippen LogP contribution is -2.18. The number of hydrogen-bond donors (Lipinski definition) is 1. The fourth-order valence-electron chi connectivity index (χ4n) is 1.87. The number of esters is 1. The highest BCUT2D eigenvalue weighted by molar-refractivity contribution is 9.09. The lowest BCUT2D eigenvalue weighted by atomic mass is 10.3. The first-order chi connectivity index (χ1) is 10.7. The Morgan fingerprint density at radius 3 is 2.68 bits per heavy atom. The number of carbonyl (C=O) groups is 2. The van der Waals surface area contributed by atoms with Gasteiger partial charge in [-0.3, -0.25) is 4.79 Å². The van der Waals surface area contributed by atoms with Gasteiger partial charge in [0.25, 0.3) is 0 Å². The van der Waals surface area contributed by atoms with Crippen LogP contribution in [-0.2, 0) is 9.53 Å². The smallest absolute Gasteiger partial charge is 0.343 e. The normalized spacial score (nSPS) is 10.3. The number of hydrogen-bond acceptors (Lipinski definition) is 4. The Bertz CT molecular complexity index is 655. The molecule has 6 nitrogen and oxygen atoms in total. The average Bonchev–Trinajstić information content (AvgIpc) is 2.92. The number of nitrogens with one attached hydrogen (secondary N) is 1. The monoisotopic (exact) mass is 365 g/mol. The first-order valence-electron chi connectivity index (χ1n) is 6.83. The van der Waals surface area contributed by atoms with Crippen molar-refractivity contribution < 1.29 is 14.3 Å². The Balaban J connectivity index is 2.41. The predicted molar refractivity (Wildman–Crippen MR) is 86.6 cm³/mol. The molecule has 0 unspecified atom stereocenters. The Hall–Kier alpha value is -2.15. The van der Waals surface area contributed by atoms with Crippen molar-refractivity contribution in [1.82, 2.24) is 9.78 Å². The molecule has 0 fully saturated rings. The van der Waals surface area contributed by atoms with Crippen LogP contribution in [0, 0.1) is 0 Å². The number of aromatic nitrogens is 2. The van der Waals surface area contributed by atoms with Gasteiger partial charge >= 0.3 is 5.97 Å². The molecule has 1 aromatic heterocycles. The number of nitrogens with zero attached hydrogens (tertiary/aromatic N) is 2. The predicted octanol–water partition coefficient (Wildman–Crippen LogP) is 2.77. The van der Waals surface area contributed by atoms with E-state index in [-0.39, 0.29) is 18.1 Å². The summed E-state index contributed by atoms with van der Waals surface area (Å²) in [5, 5.41) is 7.46. The van der Waals surface area contributed by atoms with Gasteiger partial charge in [0.1, 0.15) is 5.56 Å². The van der Waals surface area contributed by atoms with E-state index in [1.807, 2.05) is 30.3 Å². The van der Waals surface area contributed by atoms with Crippen molar-refractivity contribution in [3.05, 3.63) is 42.1 Å². The second-order valence-corrected chi connectivity index (χ2v) is 5.15. The van der Waals surface area contributed by atoms with Crippen molar-refractivity contribution in [2.45, 2.75) is 13.3 Å². The van der Waals surface area contributed by atoms with Crippen LogP contribution in [0.4, 0.5) is 5.82 Å². The van der Waals surface area contributed by atoms with E-state index in [9.17, 15) is 9.59 Å². The van der Waals surface area contributed by atoms with E-state index >= 15 is 0 Å². The molecule has 0 atom stereocenters. The topological polar surface area (TPSA) is 73.2 Å². The van der Waals surface area contributed by atoms with E-state index in [1.54, 1.807) is 6.92 Å². The van der Waals surface area contributed by atoms with Crippen LogP contribution in [0.2, 0.25) is 0 Å². The number of anilines is 1. The summed E-state index contributed by atoms with van der Waals surface area (Å²) in [5.74, 6) is -0.408. The van der Waals surface area contributed by atoms with Crippen molar-refractivity contribution >= 4 is 33.6 Å². The maximum Gasteiger partial charge on any atom is 0.343 e. The molecule has 0 spiro atoms. The summed E-state index contributed by atoms with van der Waals surface area (Å²) in [4.78, 5) is 23.9. The van der Waals surface area contributed by atoms with Gasteiger partial charge in [-0.15, -0.1) is 0 Å². The van der Waals surface area contributed by atoms with Crippen LogP contribution in [0.3, 0.4) is 0 Å². The summed E-state index contributed by atoms with van der Waals surface area (Å²) in [6.07, 6.45) is 1.69. The molecule has 2 rings (SSSR count). The van der Waals surface area contributed by atoms with Gasteiger partial charge in [0.2, 0.25) is 5.91 Å². The summed E-state index contributed by atoms with van der Waals surface area (Å²) in [6, 6.07) is 9.25. The van der Waals surface area contributed by atoms with Crippen LogP contribution in [-0.4, -0.2) is 33.6 Å². The molecule has 0 aliphatic rings. The second kappa shape index (κ2) is 7.74. The summed E-state index contributed by atoms with van der Waals surface area (Å²) >= 11 is 3.21. The molecule has 7 heteroatoms. The number of amides is 1. The maximum absolute atomic E-state index is 12.0. The van der Waals surface area contributed by atoms with Crippen LogP contribution in [0.5, 0.6) is 0 Å². The van der Waals surface area contributed by atoms with Gasteiger partial charge in [0, 0.05) is 11.8 Å². The Morgan fingerprint density at radius 1 is 1.32 bits per heavy atom. The minimum Gasteiger partial charge on any atom is -0.462 e. The third-order valence-electron chi connectivity index (χ3n) is 2.84. The van der Waals surface area contributed by atoms with E-state index < -0.39 is 5.97 Å². The molecule has 116 valence electrons. The van der Waals surface area contributed by atoms with Crippen LogP contribution < -0.4 is 5.32 Å². The molecule has 1 heterocycles. The summed E-state index contributed by atoms with van der Waals surface area (Å²) in [7, 11) is 0. The maximum atomic E-state index is 12.0. The molecule has 0 saturated heterocycles. The van der Waals surface area contributed by atoms with Crippen LogP contribution in [0.25, 0.3) is 5.69 Å². The number of rotatable bonds is 6. The quantitative estimate of drug-likeness (QED) is 0.630. The summed E-state index contributed by atoms with van der Waals surface area (Å²) in [5.41, 5.74) is 0.973. The highest BCUT2D eigenvalue weighted by Gasteiger charge is 2.21. The SMILES string of the molecule is CCOC(=O)c1cnn(-c2ccccc2)c1NC(=O)CCBr. The minimum absolute atomic E-state index is 0.208. The molecule has 2 aromatic rings. The number of benzene rings is 1. The molecular formula is C15H16BrN3O3. The van der Waals surface area contributed by atoms with Crippen molar-refractivity contribution in [2.75, 3.05) is 17.3 Å². The fraction of sp³-hybridized carbons (Fsp3) is 0.267. The number of halogens is 1. The molecule has 0 saturated carbocycles. The third-order valence-corrected chi connectivity index (χ3v) is 3.24. The second-order valence-electron chi connectivity index (χ2n) is 4.36. The van der Waals surface area contributed by atoms with Crippen LogP contribution in [0.1, 0.15) is 23.7 Å². The van der Waals surface area contributed by atoms with Crippen molar-refractivity contribution in [3.8, 4) is 5.69 Å². The Kier molecular flexibility index (Phi) is 5.71. The fourth-order valence-corrected chi connectivity index (χ4v) is 2.23. The van der Waals surface area contributed by atoms with Crippen molar-refractivity contribution in [2.24, 2.45) is 0 Å². The zero-order valence-corrected chi connectivity index (χ0v) is 13.7. The Morgan fingerprint density at radius 2 is 2.05 bits per heavy atom. The van der Waals surface area contributed by atoms with Gasteiger partial charge < -0.3 is 10.1 Å². The molecule has 0 bridgehead atoms. The molecule has 0 radical (unpaired) electrons. The van der Waals surface area contributed by atoms with Crippen molar-refractivity contribution in [1.29, 1.82) is 0 Å². The van der Waals surface area contributed by atoms with Gasteiger partial charge in [0.15, 0.2) is 5.82 Å². The highest BCUT2D eigenvalue weighted by Crippen LogP contribution is 2.21. The Labute approximate surface area is 136 Å². The van der Waals surface area contributed by atoms with E-state index in [4.69, 9.17) is 4.74 Å². The average molecular weight is 366 g/mol. The summed E-state index contributed by atoms with van der Waals surface area (Å²) < 4.78 is 6.52. The van der Waals surface area contributed by atoms with Gasteiger partial charge in [-0.25, -0.2) is 9.48 Å². The van der Waals surface area contributed by atoms with Crippen molar-refractivity contribution in [3.63, 3.8) is 0 Å². The molecule has 1 N–H and O–H groups in total. The highest BCUT2D eigenvalue weighted by atomic mass is 79.9. The first-order valence-corrected chi connectivity index (χ1v) is 7.96. The third kappa shape index (κ3) is 3.73. The van der Waals surface area contributed by atoms with Gasteiger partial charge in [0.05, 0.1) is 18.5 Å². The summed E-state index contributed by atoms with van der Waals surface area (Å²) in [6.45, 7) is 1.98. The lowest BCUT2D eigenvalue weighted by Gasteiger charge is -2.10. The molecular weight excluding hydrogens is 350 g/mol. The zero-order valence-electron chi connectivity index (χ0n) is 12.1. The van der Waals surface area contributed by atoms with E-state index in [1.165, 1.54) is 10.9 Å². The molecule has 1 aromatic carbocycles. The van der Waals surface area contributed by atoms with Crippen LogP contribution in [0.15, 0.2) is 36.5 Å².